The number of carbonyl (C=O) groups excluding carboxylic acids is 1. The molecule has 0 spiro atoms. The van der Waals surface area contributed by atoms with Gasteiger partial charge in [-0.1, -0.05) is 12.1 Å². The number of carbonyl (C=O) groups is 2. The first-order valence-electron chi connectivity index (χ1n) is 8.23. The minimum Gasteiger partial charge on any atom is -0.497 e. The summed E-state index contributed by atoms with van der Waals surface area (Å²) in [6, 6.07) is 14.0. The molecule has 2 N–H and O–H groups in total. The van der Waals surface area contributed by atoms with Crippen LogP contribution in [0.25, 0.3) is 10.6 Å². The molecule has 3 aromatic rings. The molecule has 0 saturated carbocycles. The number of ether oxygens (including phenoxy) is 1. The topological polar surface area (TPSA) is 88.5 Å². The lowest BCUT2D eigenvalue weighted by Crippen LogP contribution is -2.24. The Kier molecular flexibility index (Phi) is 5.83. The number of carboxylic acid groups (broad SMARTS) is 1. The Balaban J connectivity index is 1.55. The van der Waals surface area contributed by atoms with E-state index in [0.717, 1.165) is 21.9 Å². The predicted octanol–water partition coefficient (Wildman–Crippen LogP) is 3.38. The molecule has 0 unspecified atom stereocenters. The molecule has 0 aliphatic carbocycles. The van der Waals surface area contributed by atoms with Crippen molar-refractivity contribution in [3.8, 4) is 16.3 Å². The third kappa shape index (κ3) is 4.92. The summed E-state index contributed by atoms with van der Waals surface area (Å²) < 4.78 is 5.15. The number of carboxylic acids is 1. The molecule has 0 fully saturated rings. The van der Waals surface area contributed by atoms with Crippen LogP contribution in [0.5, 0.6) is 5.75 Å². The Hall–Kier alpha value is -3.19. The average molecular weight is 382 g/mol. The number of nitrogens with zero attached hydrogens (tertiary/aromatic N) is 1. The van der Waals surface area contributed by atoms with E-state index in [9.17, 15) is 9.59 Å². The van der Waals surface area contributed by atoms with E-state index in [-0.39, 0.29) is 17.9 Å². The molecular weight excluding hydrogens is 364 g/mol. The fraction of sp³-hybridized carbons (Fsp3) is 0.150. The van der Waals surface area contributed by atoms with E-state index < -0.39 is 5.97 Å². The number of aromatic carboxylic acids is 1. The summed E-state index contributed by atoms with van der Waals surface area (Å²) in [5, 5.41) is 14.4. The Morgan fingerprint density at radius 2 is 1.81 bits per heavy atom. The highest BCUT2D eigenvalue weighted by Gasteiger charge is 2.10. The van der Waals surface area contributed by atoms with Gasteiger partial charge in [0.1, 0.15) is 10.8 Å². The number of aromatic nitrogens is 1. The van der Waals surface area contributed by atoms with E-state index >= 15 is 0 Å². The lowest BCUT2D eigenvalue weighted by molar-refractivity contribution is -0.120. The van der Waals surface area contributed by atoms with Gasteiger partial charge in [0.15, 0.2) is 0 Å². The van der Waals surface area contributed by atoms with E-state index in [0.29, 0.717) is 12.2 Å². The molecule has 27 heavy (non-hydrogen) atoms. The second kappa shape index (κ2) is 8.46. The fourth-order valence-electron chi connectivity index (χ4n) is 2.45. The monoisotopic (exact) mass is 382 g/mol. The number of hydrogen-bond donors (Lipinski definition) is 2. The molecular formula is C20H18N2O4S. The number of thiazole rings is 1. The molecule has 3 rings (SSSR count). The van der Waals surface area contributed by atoms with E-state index in [1.54, 1.807) is 19.2 Å². The summed E-state index contributed by atoms with van der Waals surface area (Å²) in [5.41, 5.74) is 2.75. The maximum Gasteiger partial charge on any atom is 0.335 e. The summed E-state index contributed by atoms with van der Waals surface area (Å²) in [6.45, 7) is 0.341. The second-order valence-corrected chi connectivity index (χ2v) is 6.69. The van der Waals surface area contributed by atoms with Gasteiger partial charge in [-0.05, 0) is 42.0 Å². The highest BCUT2D eigenvalue weighted by atomic mass is 32.1. The molecule has 1 amide bonds. The molecule has 1 heterocycles. The van der Waals surface area contributed by atoms with Crippen LogP contribution in [0.3, 0.4) is 0 Å². The van der Waals surface area contributed by atoms with Gasteiger partial charge in [0.25, 0.3) is 0 Å². The molecule has 0 saturated heterocycles. The number of nitrogens with one attached hydrogen (secondary N) is 1. The summed E-state index contributed by atoms with van der Waals surface area (Å²) in [5.74, 6) is -0.322. The quantitative estimate of drug-likeness (QED) is 0.654. The maximum atomic E-state index is 12.1. The van der Waals surface area contributed by atoms with Crippen LogP contribution in [-0.2, 0) is 17.8 Å². The smallest absolute Gasteiger partial charge is 0.335 e. The van der Waals surface area contributed by atoms with Gasteiger partial charge in [-0.25, -0.2) is 9.78 Å². The van der Waals surface area contributed by atoms with Crippen molar-refractivity contribution < 1.29 is 19.4 Å². The van der Waals surface area contributed by atoms with Crippen LogP contribution in [0.4, 0.5) is 0 Å². The Bertz CT molecular complexity index is 933. The Labute approximate surface area is 160 Å². The predicted molar refractivity (Wildman–Crippen MR) is 103 cm³/mol. The minimum atomic E-state index is -0.971. The molecule has 0 aliphatic rings. The molecule has 138 valence electrons. The van der Waals surface area contributed by atoms with Gasteiger partial charge in [0, 0.05) is 17.5 Å². The van der Waals surface area contributed by atoms with Gasteiger partial charge in [-0.15, -0.1) is 11.3 Å². The summed E-state index contributed by atoms with van der Waals surface area (Å²) >= 11 is 1.49. The maximum absolute atomic E-state index is 12.1. The number of hydrogen-bond acceptors (Lipinski definition) is 5. The van der Waals surface area contributed by atoms with Crippen molar-refractivity contribution in [3.63, 3.8) is 0 Å². The van der Waals surface area contributed by atoms with E-state index in [4.69, 9.17) is 9.84 Å². The van der Waals surface area contributed by atoms with Gasteiger partial charge in [0.05, 0.1) is 24.8 Å². The summed E-state index contributed by atoms with van der Waals surface area (Å²) in [6.07, 6.45) is 0.194. The third-order valence-electron chi connectivity index (χ3n) is 3.92. The van der Waals surface area contributed by atoms with Gasteiger partial charge in [0.2, 0.25) is 5.91 Å². The number of methoxy groups -OCH3 is 1. The second-order valence-electron chi connectivity index (χ2n) is 5.83. The average Bonchev–Trinajstić information content (AvgIpc) is 3.15. The molecule has 2 aromatic carbocycles. The van der Waals surface area contributed by atoms with Gasteiger partial charge >= 0.3 is 5.97 Å². The van der Waals surface area contributed by atoms with Crippen LogP contribution in [0, 0.1) is 0 Å². The first kappa shape index (κ1) is 18.6. The normalized spacial score (nSPS) is 10.4. The standard InChI is InChI=1S/C20H18N2O4S/c1-26-17-8-6-14(7-9-17)19-22-16(12-27-19)10-18(23)21-11-13-2-4-15(5-3-13)20(24)25/h2-9,12H,10-11H2,1H3,(H,21,23)(H,24,25). The first-order chi connectivity index (χ1) is 13.0. The van der Waals surface area contributed by atoms with Crippen molar-refractivity contribution in [2.24, 2.45) is 0 Å². The van der Waals surface area contributed by atoms with E-state index in [1.165, 1.54) is 23.5 Å². The van der Waals surface area contributed by atoms with Crippen molar-refractivity contribution in [1.29, 1.82) is 0 Å². The molecule has 7 heteroatoms. The van der Waals surface area contributed by atoms with Crippen molar-refractivity contribution in [1.82, 2.24) is 10.3 Å². The zero-order chi connectivity index (χ0) is 19.2. The number of benzene rings is 2. The van der Waals surface area contributed by atoms with Gasteiger partial charge < -0.3 is 15.2 Å². The molecule has 0 atom stereocenters. The van der Waals surface area contributed by atoms with Crippen molar-refractivity contribution >= 4 is 23.2 Å². The van der Waals surface area contributed by atoms with E-state index in [2.05, 4.69) is 10.3 Å². The highest BCUT2D eigenvalue weighted by molar-refractivity contribution is 7.13. The van der Waals surface area contributed by atoms with Crippen molar-refractivity contribution in [2.75, 3.05) is 7.11 Å². The Morgan fingerprint density at radius 3 is 2.44 bits per heavy atom. The van der Waals surface area contributed by atoms with Crippen molar-refractivity contribution in [3.05, 3.63) is 70.7 Å². The lowest BCUT2D eigenvalue weighted by atomic mass is 10.1. The molecule has 6 nitrogen and oxygen atoms in total. The van der Waals surface area contributed by atoms with Gasteiger partial charge in [-0.3, -0.25) is 4.79 Å². The van der Waals surface area contributed by atoms with Gasteiger partial charge in [-0.2, -0.15) is 0 Å². The highest BCUT2D eigenvalue weighted by Crippen LogP contribution is 2.25. The first-order valence-corrected chi connectivity index (χ1v) is 9.11. The summed E-state index contributed by atoms with van der Waals surface area (Å²) in [7, 11) is 1.62. The third-order valence-corrected chi connectivity index (χ3v) is 4.86. The minimum absolute atomic E-state index is 0.135. The Morgan fingerprint density at radius 1 is 1.11 bits per heavy atom. The lowest BCUT2D eigenvalue weighted by Gasteiger charge is -2.05. The molecule has 1 aromatic heterocycles. The van der Waals surface area contributed by atoms with Crippen LogP contribution in [-0.4, -0.2) is 29.1 Å². The van der Waals surface area contributed by atoms with E-state index in [1.807, 2.05) is 29.6 Å². The molecule has 0 aliphatic heterocycles. The molecule has 0 bridgehead atoms. The SMILES string of the molecule is COc1ccc(-c2nc(CC(=O)NCc3ccc(C(=O)O)cc3)cs2)cc1. The summed E-state index contributed by atoms with van der Waals surface area (Å²) in [4.78, 5) is 27.5. The molecule has 0 radical (unpaired) electrons. The largest absolute Gasteiger partial charge is 0.497 e. The van der Waals surface area contributed by atoms with Crippen LogP contribution >= 0.6 is 11.3 Å². The van der Waals surface area contributed by atoms with Crippen LogP contribution in [0.15, 0.2) is 53.9 Å². The number of amides is 1. The number of rotatable bonds is 7. The zero-order valence-electron chi connectivity index (χ0n) is 14.6. The fourth-order valence-corrected chi connectivity index (χ4v) is 3.27. The van der Waals surface area contributed by atoms with Crippen molar-refractivity contribution in [2.45, 2.75) is 13.0 Å². The zero-order valence-corrected chi connectivity index (χ0v) is 15.5. The van der Waals surface area contributed by atoms with Crippen LogP contribution in [0.1, 0.15) is 21.6 Å². The van der Waals surface area contributed by atoms with Crippen LogP contribution < -0.4 is 10.1 Å². The van der Waals surface area contributed by atoms with Crippen LogP contribution in [0.2, 0.25) is 0 Å².